The Bertz CT molecular complexity index is 344. The van der Waals surface area contributed by atoms with Crippen LogP contribution in [0.2, 0.25) is 0 Å². The van der Waals surface area contributed by atoms with E-state index in [1.165, 1.54) is 11.3 Å². The molecule has 1 heterocycles. The Labute approximate surface area is 91.5 Å². The lowest BCUT2D eigenvalue weighted by molar-refractivity contribution is -0.110. The first kappa shape index (κ1) is 11.3. The minimum atomic E-state index is -0.338. The zero-order valence-electron chi connectivity index (χ0n) is 7.65. The number of carbonyl (C=O) groups is 2. The zero-order valence-corrected chi connectivity index (χ0v) is 9.36. The van der Waals surface area contributed by atoms with Gasteiger partial charge in [0.15, 0.2) is 5.12 Å². The van der Waals surface area contributed by atoms with Crippen LogP contribution in [0.5, 0.6) is 0 Å². The highest BCUT2D eigenvalue weighted by Crippen LogP contribution is 2.18. The van der Waals surface area contributed by atoms with Crippen molar-refractivity contribution in [1.82, 2.24) is 0 Å². The van der Waals surface area contributed by atoms with Gasteiger partial charge in [0.2, 0.25) is 0 Å². The Morgan fingerprint density at radius 3 is 2.79 bits per heavy atom. The van der Waals surface area contributed by atoms with Gasteiger partial charge in [-0.15, -0.1) is 24.0 Å². The maximum Gasteiger partial charge on any atom is 0.348 e. The van der Waals surface area contributed by atoms with Crippen LogP contribution in [-0.4, -0.2) is 17.7 Å². The number of thiol groups is 1. The molecule has 0 aliphatic heterocycles. The van der Waals surface area contributed by atoms with Gasteiger partial charge < -0.3 is 4.74 Å². The maximum absolute atomic E-state index is 11.2. The molecular formula is C9H10O3S2. The lowest BCUT2D eigenvalue weighted by Gasteiger charge is -1.96. The molecule has 0 atom stereocenters. The van der Waals surface area contributed by atoms with Gasteiger partial charge in [-0.2, -0.15) is 0 Å². The van der Waals surface area contributed by atoms with E-state index in [1.807, 2.05) is 0 Å². The molecule has 0 fully saturated rings. The van der Waals surface area contributed by atoms with Crippen molar-refractivity contribution < 1.29 is 14.3 Å². The summed E-state index contributed by atoms with van der Waals surface area (Å²) in [5, 5.41) is -0.206. The Hall–Kier alpha value is -0.810. The predicted molar refractivity (Wildman–Crippen MR) is 58.0 cm³/mol. The van der Waals surface area contributed by atoms with E-state index in [2.05, 4.69) is 12.6 Å². The minimum absolute atomic E-state index is 0.206. The molecule has 0 saturated carbocycles. The summed E-state index contributed by atoms with van der Waals surface area (Å²) in [5.41, 5.74) is 0. The number of esters is 1. The van der Waals surface area contributed by atoms with E-state index in [0.29, 0.717) is 11.5 Å². The second-order valence-electron chi connectivity index (χ2n) is 2.56. The van der Waals surface area contributed by atoms with E-state index in [0.717, 1.165) is 4.88 Å². The summed E-state index contributed by atoms with van der Waals surface area (Å²) in [4.78, 5) is 23.3. The molecule has 76 valence electrons. The standard InChI is InChI=1S/C9H10O3S2/c1-2-12-9(11)7-4-3-6(14-7)5-8(10)13/h3-4H,2,5H2,1H3,(H,10,13). The highest BCUT2D eigenvalue weighted by atomic mass is 32.1. The number of rotatable bonds is 4. The Morgan fingerprint density at radius 2 is 2.21 bits per heavy atom. The normalized spacial score (nSPS) is 9.86. The van der Waals surface area contributed by atoms with E-state index >= 15 is 0 Å². The molecule has 3 nitrogen and oxygen atoms in total. The summed E-state index contributed by atoms with van der Waals surface area (Å²) in [6.45, 7) is 2.11. The van der Waals surface area contributed by atoms with Gasteiger partial charge in [0.1, 0.15) is 4.88 Å². The SMILES string of the molecule is CCOC(=O)c1ccc(CC(=O)S)s1. The first-order valence-electron chi connectivity index (χ1n) is 4.11. The van der Waals surface area contributed by atoms with Crippen LogP contribution >= 0.6 is 24.0 Å². The zero-order chi connectivity index (χ0) is 10.6. The van der Waals surface area contributed by atoms with Gasteiger partial charge in [-0.3, -0.25) is 4.79 Å². The van der Waals surface area contributed by atoms with Crippen molar-refractivity contribution in [2.24, 2.45) is 0 Å². The number of hydrogen-bond donors (Lipinski definition) is 1. The third-order valence-electron chi connectivity index (χ3n) is 1.46. The molecule has 0 aliphatic rings. The van der Waals surface area contributed by atoms with Crippen molar-refractivity contribution in [2.45, 2.75) is 13.3 Å². The second kappa shape index (κ2) is 5.17. The monoisotopic (exact) mass is 230 g/mol. The molecule has 1 aromatic heterocycles. The Morgan fingerprint density at radius 1 is 1.50 bits per heavy atom. The minimum Gasteiger partial charge on any atom is -0.462 e. The van der Waals surface area contributed by atoms with Crippen LogP contribution in [0, 0.1) is 0 Å². The first-order chi connectivity index (χ1) is 6.63. The average molecular weight is 230 g/mol. The first-order valence-corrected chi connectivity index (χ1v) is 5.37. The summed E-state index contributed by atoms with van der Waals surface area (Å²) in [5.74, 6) is -0.338. The molecule has 0 aromatic carbocycles. The fourth-order valence-electron chi connectivity index (χ4n) is 0.934. The highest BCUT2D eigenvalue weighted by molar-refractivity contribution is 7.96. The van der Waals surface area contributed by atoms with E-state index in [9.17, 15) is 9.59 Å². The van der Waals surface area contributed by atoms with E-state index in [-0.39, 0.29) is 17.5 Å². The van der Waals surface area contributed by atoms with Crippen molar-refractivity contribution in [1.29, 1.82) is 0 Å². The van der Waals surface area contributed by atoms with Crippen LogP contribution in [-0.2, 0) is 16.0 Å². The Kier molecular flexibility index (Phi) is 4.16. The summed E-state index contributed by atoms with van der Waals surface area (Å²) in [6.07, 6.45) is 0.257. The van der Waals surface area contributed by atoms with E-state index < -0.39 is 0 Å². The van der Waals surface area contributed by atoms with Crippen molar-refractivity contribution in [3.05, 3.63) is 21.9 Å². The van der Waals surface area contributed by atoms with Gasteiger partial charge in [0.05, 0.1) is 13.0 Å². The number of carbonyl (C=O) groups excluding carboxylic acids is 2. The Balaban J connectivity index is 2.67. The van der Waals surface area contributed by atoms with Crippen molar-refractivity contribution in [3.63, 3.8) is 0 Å². The van der Waals surface area contributed by atoms with E-state index in [1.54, 1.807) is 19.1 Å². The molecule has 0 amide bonds. The summed E-state index contributed by atoms with van der Waals surface area (Å²) < 4.78 is 4.81. The van der Waals surface area contributed by atoms with Crippen molar-refractivity contribution >= 4 is 35.1 Å². The molecule has 0 spiro atoms. The largest absolute Gasteiger partial charge is 0.462 e. The van der Waals surface area contributed by atoms with Crippen LogP contribution in [0.1, 0.15) is 21.5 Å². The van der Waals surface area contributed by atoms with Crippen LogP contribution in [0.25, 0.3) is 0 Å². The molecule has 0 N–H and O–H groups in total. The number of ether oxygens (including phenoxy) is 1. The smallest absolute Gasteiger partial charge is 0.348 e. The molecule has 1 aromatic rings. The third kappa shape index (κ3) is 3.16. The topological polar surface area (TPSA) is 43.4 Å². The van der Waals surface area contributed by atoms with Gasteiger partial charge in [-0.1, -0.05) is 0 Å². The average Bonchev–Trinajstić information content (AvgIpc) is 2.52. The molecule has 14 heavy (non-hydrogen) atoms. The molecule has 0 aliphatic carbocycles. The lowest BCUT2D eigenvalue weighted by atomic mass is 10.3. The summed E-state index contributed by atoms with van der Waals surface area (Å²) in [6, 6.07) is 3.40. The van der Waals surface area contributed by atoms with Gasteiger partial charge in [-0.05, 0) is 19.1 Å². The summed E-state index contributed by atoms with van der Waals surface area (Å²) >= 11 is 4.93. The molecule has 0 unspecified atom stereocenters. The molecular weight excluding hydrogens is 220 g/mol. The van der Waals surface area contributed by atoms with Crippen LogP contribution < -0.4 is 0 Å². The van der Waals surface area contributed by atoms with Crippen LogP contribution in [0.4, 0.5) is 0 Å². The summed E-state index contributed by atoms with van der Waals surface area (Å²) in [7, 11) is 0. The molecule has 0 bridgehead atoms. The van der Waals surface area contributed by atoms with Gasteiger partial charge >= 0.3 is 5.97 Å². The number of hydrogen-bond acceptors (Lipinski definition) is 4. The van der Waals surface area contributed by atoms with E-state index in [4.69, 9.17) is 4.74 Å². The molecule has 0 radical (unpaired) electrons. The van der Waals surface area contributed by atoms with Crippen LogP contribution in [0.15, 0.2) is 12.1 Å². The van der Waals surface area contributed by atoms with Gasteiger partial charge in [0, 0.05) is 4.88 Å². The quantitative estimate of drug-likeness (QED) is 0.635. The third-order valence-corrected chi connectivity index (χ3v) is 2.69. The maximum atomic E-state index is 11.2. The fraction of sp³-hybridized carbons (Fsp3) is 0.333. The van der Waals surface area contributed by atoms with Gasteiger partial charge in [0.25, 0.3) is 0 Å². The molecule has 5 heteroatoms. The second-order valence-corrected chi connectivity index (χ2v) is 4.22. The van der Waals surface area contributed by atoms with Gasteiger partial charge in [-0.25, -0.2) is 4.79 Å². The molecule has 1 rings (SSSR count). The highest BCUT2D eigenvalue weighted by Gasteiger charge is 2.10. The predicted octanol–water partition coefficient (Wildman–Crippen LogP) is 1.92. The van der Waals surface area contributed by atoms with Crippen LogP contribution in [0.3, 0.4) is 0 Å². The van der Waals surface area contributed by atoms with Crippen molar-refractivity contribution in [3.8, 4) is 0 Å². The number of thiophene rings is 1. The van der Waals surface area contributed by atoms with Crippen molar-refractivity contribution in [2.75, 3.05) is 6.61 Å². The molecule has 0 saturated heterocycles. The lowest BCUT2D eigenvalue weighted by Crippen LogP contribution is -2.01. The fourth-order valence-corrected chi connectivity index (χ4v) is 2.11.